The molecule has 2 aromatic heterocycles. The van der Waals surface area contributed by atoms with Crippen LogP contribution in [-0.4, -0.2) is 9.97 Å². The van der Waals surface area contributed by atoms with Crippen LogP contribution in [0.5, 0.6) is 0 Å². The Labute approximate surface area is 112 Å². The zero-order valence-electron chi connectivity index (χ0n) is 10.1. The monoisotopic (exact) mass is 276 g/mol. The van der Waals surface area contributed by atoms with Crippen molar-refractivity contribution >= 4 is 22.2 Å². The summed E-state index contributed by atoms with van der Waals surface area (Å²) in [7, 11) is 0. The van der Waals surface area contributed by atoms with Crippen LogP contribution < -0.4 is 0 Å². The molecule has 0 bridgehead atoms. The lowest BCUT2D eigenvalue weighted by Gasteiger charge is -2.03. The summed E-state index contributed by atoms with van der Waals surface area (Å²) in [5.74, 6) is 0. The van der Waals surface area contributed by atoms with Gasteiger partial charge in [-0.3, -0.25) is 0 Å². The average Bonchev–Trinajstić information content (AvgIpc) is 2.89. The third-order valence-electron chi connectivity index (χ3n) is 3.00. The Kier molecular flexibility index (Phi) is 2.98. The lowest BCUT2D eigenvalue weighted by Crippen LogP contribution is -1.87. The van der Waals surface area contributed by atoms with Crippen molar-refractivity contribution in [2.45, 2.75) is 13.3 Å². The smallest absolute Gasteiger partial charge is 0.241 e. The summed E-state index contributed by atoms with van der Waals surface area (Å²) in [5.41, 5.74) is 3.47. The Balaban J connectivity index is 2.11. The van der Waals surface area contributed by atoms with Crippen LogP contribution in [0.3, 0.4) is 0 Å². The van der Waals surface area contributed by atoms with E-state index in [9.17, 15) is 8.78 Å². The Morgan fingerprint density at radius 3 is 2.68 bits per heavy atom. The molecule has 0 aliphatic carbocycles. The minimum Gasteiger partial charge on any atom is -0.241 e. The van der Waals surface area contributed by atoms with E-state index in [1.54, 1.807) is 5.38 Å². The molecule has 0 unspecified atom stereocenters. The third-order valence-corrected chi connectivity index (χ3v) is 3.94. The molecule has 1 aromatic carbocycles. The van der Waals surface area contributed by atoms with Gasteiger partial charge in [-0.15, -0.1) is 11.3 Å². The Morgan fingerprint density at radius 2 is 1.95 bits per heavy atom. The van der Waals surface area contributed by atoms with Gasteiger partial charge in [0.15, 0.2) is 0 Å². The highest BCUT2D eigenvalue weighted by molar-refractivity contribution is 7.10. The van der Waals surface area contributed by atoms with E-state index in [-0.39, 0.29) is 4.88 Å². The highest BCUT2D eigenvalue weighted by Gasteiger charge is 2.11. The van der Waals surface area contributed by atoms with Gasteiger partial charge in [-0.2, -0.15) is 0 Å². The molecule has 0 atom stereocenters. The van der Waals surface area contributed by atoms with E-state index in [2.05, 4.69) is 9.97 Å². The lowest BCUT2D eigenvalue weighted by molar-refractivity contribution is 0.155. The van der Waals surface area contributed by atoms with Crippen LogP contribution in [0, 0.1) is 6.92 Å². The van der Waals surface area contributed by atoms with E-state index in [0.29, 0.717) is 0 Å². The predicted octanol–water partition coefficient (Wildman–Crippen LogP) is 4.60. The van der Waals surface area contributed by atoms with Crippen molar-refractivity contribution in [1.82, 2.24) is 9.97 Å². The molecule has 3 rings (SSSR count). The van der Waals surface area contributed by atoms with Gasteiger partial charge in [0.25, 0.3) is 6.43 Å². The fraction of sp³-hybridized carbons (Fsp3) is 0.143. The standard InChI is InChI=1S/C14H10F2N2S/c1-8-11-4-9(2-3-12(11)18-7-17-8)10-5-13(14(15)16)19-6-10/h2-7,14H,1H3. The van der Waals surface area contributed by atoms with Gasteiger partial charge in [-0.05, 0) is 41.6 Å². The summed E-state index contributed by atoms with van der Waals surface area (Å²) < 4.78 is 25.2. The van der Waals surface area contributed by atoms with Gasteiger partial charge >= 0.3 is 0 Å². The normalized spacial score (nSPS) is 11.4. The van der Waals surface area contributed by atoms with Crippen LogP contribution in [0.2, 0.25) is 0 Å². The van der Waals surface area contributed by atoms with Gasteiger partial charge in [0.2, 0.25) is 0 Å². The largest absolute Gasteiger partial charge is 0.272 e. The summed E-state index contributed by atoms with van der Waals surface area (Å²) in [6.45, 7) is 1.91. The summed E-state index contributed by atoms with van der Waals surface area (Å²) in [6, 6.07) is 7.27. The molecule has 0 fully saturated rings. The Morgan fingerprint density at radius 1 is 1.11 bits per heavy atom. The molecule has 2 nitrogen and oxygen atoms in total. The Hall–Kier alpha value is -1.88. The SMILES string of the molecule is Cc1ncnc2ccc(-c3csc(C(F)F)c3)cc12. The maximum Gasteiger partial charge on any atom is 0.272 e. The predicted molar refractivity (Wildman–Crippen MR) is 72.5 cm³/mol. The average molecular weight is 276 g/mol. The van der Waals surface area contributed by atoms with Crippen molar-refractivity contribution in [1.29, 1.82) is 0 Å². The molecular formula is C14H10F2N2S. The van der Waals surface area contributed by atoms with Gasteiger partial charge in [0.05, 0.1) is 10.4 Å². The van der Waals surface area contributed by atoms with Crippen LogP contribution in [0.25, 0.3) is 22.0 Å². The van der Waals surface area contributed by atoms with Crippen molar-refractivity contribution in [3.63, 3.8) is 0 Å². The number of hydrogen-bond acceptors (Lipinski definition) is 3. The fourth-order valence-electron chi connectivity index (χ4n) is 1.98. The first-order valence-electron chi connectivity index (χ1n) is 5.73. The Bertz CT molecular complexity index is 737. The second-order valence-electron chi connectivity index (χ2n) is 4.23. The number of nitrogens with zero attached hydrogens (tertiary/aromatic N) is 2. The van der Waals surface area contributed by atoms with Gasteiger partial charge in [0.1, 0.15) is 6.33 Å². The van der Waals surface area contributed by atoms with Crippen molar-refractivity contribution in [2.75, 3.05) is 0 Å². The molecule has 0 aliphatic heterocycles. The first-order valence-corrected chi connectivity index (χ1v) is 6.61. The molecule has 3 aromatic rings. The molecule has 0 aliphatic rings. The lowest BCUT2D eigenvalue weighted by atomic mass is 10.1. The van der Waals surface area contributed by atoms with Gasteiger partial charge in [0, 0.05) is 11.1 Å². The van der Waals surface area contributed by atoms with Crippen molar-refractivity contribution in [2.24, 2.45) is 0 Å². The van der Waals surface area contributed by atoms with Gasteiger partial charge in [-0.25, -0.2) is 18.7 Å². The van der Waals surface area contributed by atoms with Crippen LogP contribution in [0.4, 0.5) is 8.78 Å². The summed E-state index contributed by atoms with van der Waals surface area (Å²) in [4.78, 5) is 8.42. The van der Waals surface area contributed by atoms with Crippen LogP contribution in [0.1, 0.15) is 17.0 Å². The molecule has 96 valence electrons. The first kappa shape index (κ1) is 12.2. The van der Waals surface area contributed by atoms with E-state index in [1.165, 1.54) is 12.4 Å². The van der Waals surface area contributed by atoms with Gasteiger partial charge < -0.3 is 0 Å². The minimum absolute atomic E-state index is 0.0936. The fourth-order valence-corrected chi connectivity index (χ4v) is 2.75. The molecule has 0 radical (unpaired) electrons. The minimum atomic E-state index is -2.41. The second-order valence-corrected chi connectivity index (χ2v) is 5.17. The van der Waals surface area contributed by atoms with Crippen molar-refractivity contribution in [3.05, 3.63) is 46.5 Å². The molecule has 19 heavy (non-hydrogen) atoms. The van der Waals surface area contributed by atoms with Crippen molar-refractivity contribution in [3.8, 4) is 11.1 Å². The number of thiophene rings is 1. The highest BCUT2D eigenvalue weighted by atomic mass is 32.1. The molecule has 0 saturated heterocycles. The highest BCUT2D eigenvalue weighted by Crippen LogP contribution is 2.32. The number of aromatic nitrogens is 2. The van der Waals surface area contributed by atoms with Gasteiger partial charge in [-0.1, -0.05) is 6.07 Å². The summed E-state index contributed by atoms with van der Waals surface area (Å²) >= 11 is 1.08. The molecule has 0 saturated carbocycles. The van der Waals surface area contributed by atoms with Crippen LogP contribution in [0.15, 0.2) is 36.0 Å². The van der Waals surface area contributed by atoms with Crippen LogP contribution in [-0.2, 0) is 0 Å². The summed E-state index contributed by atoms with van der Waals surface area (Å²) in [6.07, 6.45) is -0.888. The molecule has 5 heteroatoms. The maximum absolute atomic E-state index is 12.6. The number of hydrogen-bond donors (Lipinski definition) is 0. The number of fused-ring (bicyclic) bond motifs is 1. The number of aryl methyl sites for hydroxylation is 1. The maximum atomic E-state index is 12.6. The summed E-state index contributed by atoms with van der Waals surface area (Å²) in [5, 5.41) is 2.70. The molecule has 0 amide bonds. The van der Waals surface area contributed by atoms with Crippen LogP contribution >= 0.6 is 11.3 Å². The van der Waals surface area contributed by atoms with E-state index >= 15 is 0 Å². The molecule has 2 heterocycles. The third kappa shape index (κ3) is 2.21. The van der Waals surface area contributed by atoms with E-state index < -0.39 is 6.43 Å². The first-order chi connectivity index (χ1) is 9.15. The van der Waals surface area contributed by atoms with E-state index in [4.69, 9.17) is 0 Å². The molecule has 0 N–H and O–H groups in total. The zero-order chi connectivity index (χ0) is 13.4. The zero-order valence-corrected chi connectivity index (χ0v) is 10.9. The van der Waals surface area contributed by atoms with Crippen molar-refractivity contribution < 1.29 is 8.78 Å². The number of alkyl halides is 2. The molecule has 0 spiro atoms. The topological polar surface area (TPSA) is 25.8 Å². The van der Waals surface area contributed by atoms with E-state index in [0.717, 1.165) is 39.1 Å². The molecular weight excluding hydrogens is 266 g/mol. The number of halogens is 2. The quantitative estimate of drug-likeness (QED) is 0.683. The van der Waals surface area contributed by atoms with E-state index in [1.807, 2.05) is 25.1 Å². The second kappa shape index (κ2) is 4.66. The number of benzene rings is 1. The number of rotatable bonds is 2.